The first-order valence-corrected chi connectivity index (χ1v) is 3.86. The minimum absolute atomic E-state index is 0. The van der Waals surface area contributed by atoms with Crippen molar-refractivity contribution in [2.45, 2.75) is 52.7 Å². The molecule has 0 aliphatic carbocycles. The van der Waals surface area contributed by atoms with E-state index in [1.165, 1.54) is 0 Å². The fourth-order valence-electron chi connectivity index (χ4n) is 0. The predicted octanol–water partition coefficient (Wildman–Crippen LogP) is -0.0904. The molecule has 2 nitrogen and oxygen atoms in total. The van der Waals surface area contributed by atoms with Crippen molar-refractivity contribution < 1.29 is 10.2 Å². The second-order valence-electron chi connectivity index (χ2n) is 2.44. The average molecular weight is 186 g/mol. The van der Waals surface area contributed by atoms with E-state index < -0.39 is 0 Å². The quantitative estimate of drug-likeness (QED) is 0.566. The molecule has 0 aromatic heterocycles. The molecule has 0 saturated carbocycles. The summed E-state index contributed by atoms with van der Waals surface area (Å²) in [5.74, 6) is 0. The van der Waals surface area contributed by atoms with Crippen LogP contribution in [0.15, 0.2) is 0 Å². The maximum absolute atomic E-state index is 9.90. The predicted molar refractivity (Wildman–Crippen MR) is 45.3 cm³/mol. The molecule has 0 spiro atoms. The summed E-state index contributed by atoms with van der Waals surface area (Å²) in [5.41, 5.74) is 0. The fraction of sp³-hybridized carbons (Fsp3) is 1.00. The molecule has 0 N–H and O–H groups in total. The van der Waals surface area contributed by atoms with Gasteiger partial charge in [-0.05, 0) is 0 Å². The SMILES string of the molecule is CCC(C)[O-].CCC(C)[O-].[Ca+2]. The van der Waals surface area contributed by atoms with Crippen molar-refractivity contribution in [3.05, 3.63) is 0 Å². The molecule has 11 heavy (non-hydrogen) atoms. The van der Waals surface area contributed by atoms with Crippen molar-refractivity contribution in [1.29, 1.82) is 0 Å². The van der Waals surface area contributed by atoms with Crippen LogP contribution in [0.5, 0.6) is 0 Å². The zero-order valence-corrected chi connectivity index (χ0v) is 10.3. The van der Waals surface area contributed by atoms with E-state index >= 15 is 0 Å². The average Bonchev–Trinajstić information content (AvgIpc) is 1.89. The maximum Gasteiger partial charge on any atom is 2.00 e. The molecule has 0 fully saturated rings. The van der Waals surface area contributed by atoms with Crippen LogP contribution < -0.4 is 10.2 Å². The third-order valence-corrected chi connectivity index (χ3v) is 1.15. The van der Waals surface area contributed by atoms with E-state index in [0.717, 1.165) is 12.8 Å². The van der Waals surface area contributed by atoms with Gasteiger partial charge in [-0.25, -0.2) is 0 Å². The Hall–Kier alpha value is 1.18. The van der Waals surface area contributed by atoms with E-state index in [-0.39, 0.29) is 49.9 Å². The molecule has 0 aliphatic heterocycles. The topological polar surface area (TPSA) is 46.1 Å². The molecular weight excluding hydrogens is 168 g/mol. The zero-order valence-electron chi connectivity index (χ0n) is 8.09. The van der Waals surface area contributed by atoms with Crippen molar-refractivity contribution >= 4 is 37.7 Å². The van der Waals surface area contributed by atoms with Crippen LogP contribution in [0.25, 0.3) is 0 Å². The number of hydrogen-bond acceptors (Lipinski definition) is 2. The molecule has 0 aromatic carbocycles. The third kappa shape index (κ3) is 35.1. The molecule has 0 rings (SSSR count). The molecule has 0 heterocycles. The molecular formula is C8H18CaO2. The van der Waals surface area contributed by atoms with Gasteiger partial charge in [0.1, 0.15) is 0 Å². The van der Waals surface area contributed by atoms with Gasteiger partial charge in [0.25, 0.3) is 0 Å². The van der Waals surface area contributed by atoms with Gasteiger partial charge in [-0.15, -0.1) is 12.2 Å². The molecule has 3 heteroatoms. The molecule has 2 unspecified atom stereocenters. The Morgan fingerprint density at radius 3 is 1.00 bits per heavy atom. The summed E-state index contributed by atoms with van der Waals surface area (Å²) in [6.07, 6.45) is 0.769. The molecule has 0 saturated heterocycles. The van der Waals surface area contributed by atoms with Crippen LogP contribution in [0, 0.1) is 0 Å². The standard InChI is InChI=1S/2C4H9O.Ca/c2*1-3-4(2)5;/h2*4H,3H2,1-2H3;/q2*-1;+2. The first-order valence-electron chi connectivity index (χ1n) is 3.86. The summed E-state index contributed by atoms with van der Waals surface area (Å²) in [6.45, 7) is 7.11. The maximum atomic E-state index is 9.90. The number of hydrogen-bond donors (Lipinski definition) is 0. The van der Waals surface area contributed by atoms with E-state index in [1.807, 2.05) is 13.8 Å². The second kappa shape index (κ2) is 13.7. The van der Waals surface area contributed by atoms with Gasteiger partial charge in [0.2, 0.25) is 0 Å². The minimum atomic E-state index is -0.366. The molecule has 0 aliphatic rings. The Kier molecular flexibility index (Phi) is 22.6. The first-order chi connectivity index (χ1) is 4.54. The molecule has 0 radical (unpaired) electrons. The Bertz CT molecular complexity index is 48.1. The number of rotatable bonds is 2. The van der Waals surface area contributed by atoms with Gasteiger partial charge in [0, 0.05) is 0 Å². The Balaban J connectivity index is -0.000000107. The van der Waals surface area contributed by atoms with Gasteiger partial charge in [-0.2, -0.15) is 0 Å². The Labute approximate surface area is 100 Å². The van der Waals surface area contributed by atoms with Crippen LogP contribution >= 0.6 is 0 Å². The van der Waals surface area contributed by atoms with Crippen molar-refractivity contribution in [2.75, 3.05) is 0 Å². The van der Waals surface area contributed by atoms with Crippen LogP contribution in [-0.4, -0.2) is 49.9 Å². The summed E-state index contributed by atoms with van der Waals surface area (Å²) >= 11 is 0. The summed E-state index contributed by atoms with van der Waals surface area (Å²) in [6, 6.07) is 0. The van der Waals surface area contributed by atoms with Crippen LogP contribution in [0.1, 0.15) is 40.5 Å². The largest absolute Gasteiger partial charge is 2.00 e. The summed E-state index contributed by atoms with van der Waals surface area (Å²) in [7, 11) is 0. The zero-order chi connectivity index (χ0) is 8.57. The van der Waals surface area contributed by atoms with E-state index in [2.05, 4.69) is 0 Å². The summed E-state index contributed by atoms with van der Waals surface area (Å²) in [4.78, 5) is 0. The normalized spacial score (nSPS) is 13.6. The van der Waals surface area contributed by atoms with Gasteiger partial charge in [0.05, 0.1) is 0 Å². The van der Waals surface area contributed by atoms with Crippen LogP contribution in [0.2, 0.25) is 0 Å². The van der Waals surface area contributed by atoms with E-state index in [4.69, 9.17) is 0 Å². The van der Waals surface area contributed by atoms with Gasteiger partial charge in [-0.3, -0.25) is 0 Å². The molecule has 0 amide bonds. The smallest absolute Gasteiger partial charge is 0.852 e. The Morgan fingerprint density at radius 1 is 0.909 bits per heavy atom. The van der Waals surface area contributed by atoms with Gasteiger partial charge >= 0.3 is 37.7 Å². The summed E-state index contributed by atoms with van der Waals surface area (Å²) in [5, 5.41) is 19.8. The summed E-state index contributed by atoms with van der Waals surface area (Å²) < 4.78 is 0. The van der Waals surface area contributed by atoms with E-state index in [1.54, 1.807) is 13.8 Å². The Morgan fingerprint density at radius 2 is 1.00 bits per heavy atom. The van der Waals surface area contributed by atoms with Crippen LogP contribution in [0.4, 0.5) is 0 Å². The van der Waals surface area contributed by atoms with Gasteiger partial charge in [-0.1, -0.05) is 40.5 Å². The second-order valence-corrected chi connectivity index (χ2v) is 2.44. The van der Waals surface area contributed by atoms with E-state index in [0.29, 0.717) is 0 Å². The van der Waals surface area contributed by atoms with Crippen LogP contribution in [-0.2, 0) is 0 Å². The molecule has 2 atom stereocenters. The van der Waals surface area contributed by atoms with Crippen LogP contribution in [0.3, 0.4) is 0 Å². The fourth-order valence-corrected chi connectivity index (χ4v) is 0. The van der Waals surface area contributed by atoms with E-state index in [9.17, 15) is 10.2 Å². The van der Waals surface area contributed by atoms with Crippen molar-refractivity contribution in [3.63, 3.8) is 0 Å². The first kappa shape index (κ1) is 18.1. The molecule has 64 valence electrons. The third-order valence-electron chi connectivity index (χ3n) is 1.15. The van der Waals surface area contributed by atoms with Crippen molar-refractivity contribution in [3.8, 4) is 0 Å². The minimum Gasteiger partial charge on any atom is -0.852 e. The monoisotopic (exact) mass is 186 g/mol. The van der Waals surface area contributed by atoms with Gasteiger partial charge in [0.15, 0.2) is 0 Å². The molecule has 0 bridgehead atoms. The van der Waals surface area contributed by atoms with Crippen molar-refractivity contribution in [1.82, 2.24) is 0 Å². The van der Waals surface area contributed by atoms with Crippen molar-refractivity contribution in [2.24, 2.45) is 0 Å². The van der Waals surface area contributed by atoms with Gasteiger partial charge < -0.3 is 10.2 Å². The molecule has 0 aromatic rings.